The molecule has 44 heavy (non-hydrogen) atoms. The lowest BCUT2D eigenvalue weighted by Crippen LogP contribution is -2.54. The lowest BCUT2D eigenvalue weighted by Gasteiger charge is -2.40. The number of likely N-dealkylation sites (tertiary alicyclic amines) is 1. The van der Waals surface area contributed by atoms with Gasteiger partial charge in [0.25, 0.3) is 5.91 Å². The zero-order valence-electron chi connectivity index (χ0n) is 27.6. The Morgan fingerprint density at radius 2 is 1.84 bits per heavy atom. The molecule has 3 aliphatic rings. The SMILES string of the molecule is CC[C@@H](C)NC(=O)[C@H]1C[C@@H](C(=O)N(c2ccc3c(c2)N(CCCOC)C(=O)C(C)(C)O3)C2CC2)CN(C(=O)OC(C)(C)C)C1. The highest BCUT2D eigenvalue weighted by Crippen LogP contribution is 2.43. The van der Waals surface area contributed by atoms with Crippen LogP contribution in [0.3, 0.4) is 0 Å². The van der Waals surface area contributed by atoms with Crippen molar-refractivity contribution in [3.8, 4) is 5.75 Å². The molecule has 4 rings (SSSR count). The minimum Gasteiger partial charge on any atom is -0.476 e. The molecular weight excluding hydrogens is 564 g/mol. The first kappa shape index (κ1) is 33.6. The number of carbonyl (C=O) groups is 4. The maximum Gasteiger partial charge on any atom is 0.410 e. The van der Waals surface area contributed by atoms with Crippen molar-refractivity contribution in [1.82, 2.24) is 10.2 Å². The van der Waals surface area contributed by atoms with Crippen molar-refractivity contribution in [2.24, 2.45) is 11.8 Å². The second kappa shape index (κ2) is 13.3. The normalized spacial score (nSPS) is 22.0. The lowest BCUT2D eigenvalue weighted by atomic mass is 9.87. The Labute approximate surface area is 261 Å². The third-order valence-corrected chi connectivity index (χ3v) is 8.34. The van der Waals surface area contributed by atoms with Crippen molar-refractivity contribution in [3.05, 3.63) is 18.2 Å². The number of piperidine rings is 1. The first-order valence-electron chi connectivity index (χ1n) is 15.9. The van der Waals surface area contributed by atoms with E-state index in [1.54, 1.807) is 51.5 Å². The smallest absolute Gasteiger partial charge is 0.410 e. The second-order valence-electron chi connectivity index (χ2n) is 13.8. The number of benzene rings is 1. The average molecular weight is 615 g/mol. The van der Waals surface area contributed by atoms with Crippen LogP contribution in [0, 0.1) is 11.8 Å². The van der Waals surface area contributed by atoms with E-state index < -0.39 is 29.1 Å². The number of hydrogen-bond donors (Lipinski definition) is 1. The number of nitrogens with one attached hydrogen (secondary N) is 1. The standard InChI is InChI=1S/C33H50N4O7/c1-9-21(2)34-28(38)22-17-23(20-35(19-22)31(41)44-32(3,4)5)29(39)37(24-11-12-24)25-13-14-27-26(18-25)36(15-10-16-42-8)30(40)33(6,7)43-27/h13-14,18,21-24H,9-12,15-17,19-20H2,1-8H3,(H,34,38)/t21-,22+,23-/m1/s1. The van der Waals surface area contributed by atoms with Gasteiger partial charge in [0.1, 0.15) is 11.4 Å². The van der Waals surface area contributed by atoms with E-state index in [0.29, 0.717) is 43.1 Å². The highest BCUT2D eigenvalue weighted by atomic mass is 16.6. The van der Waals surface area contributed by atoms with Gasteiger partial charge in [-0.1, -0.05) is 6.92 Å². The first-order chi connectivity index (χ1) is 20.6. The van der Waals surface area contributed by atoms with Crippen molar-refractivity contribution < 1.29 is 33.4 Å². The van der Waals surface area contributed by atoms with E-state index in [0.717, 1.165) is 19.3 Å². The van der Waals surface area contributed by atoms with E-state index in [9.17, 15) is 19.2 Å². The molecule has 4 amide bonds. The molecule has 11 nitrogen and oxygen atoms in total. The van der Waals surface area contributed by atoms with Gasteiger partial charge in [-0.2, -0.15) is 0 Å². The Balaban J connectivity index is 1.64. The number of carbonyl (C=O) groups excluding carboxylic acids is 4. The molecule has 0 spiro atoms. The third kappa shape index (κ3) is 7.83. The van der Waals surface area contributed by atoms with E-state index in [4.69, 9.17) is 14.2 Å². The Hall–Kier alpha value is -3.34. The molecule has 1 saturated heterocycles. The number of amides is 4. The fourth-order valence-electron chi connectivity index (χ4n) is 5.75. The lowest BCUT2D eigenvalue weighted by molar-refractivity contribution is -0.133. The molecule has 1 aromatic carbocycles. The molecule has 2 aliphatic heterocycles. The molecule has 0 aromatic heterocycles. The maximum absolute atomic E-state index is 14.4. The summed E-state index contributed by atoms with van der Waals surface area (Å²) in [4.78, 5) is 59.3. The van der Waals surface area contributed by atoms with Gasteiger partial charge in [-0.3, -0.25) is 14.4 Å². The highest BCUT2D eigenvalue weighted by molar-refractivity contribution is 6.04. The van der Waals surface area contributed by atoms with E-state index >= 15 is 0 Å². The summed E-state index contributed by atoms with van der Waals surface area (Å²) >= 11 is 0. The van der Waals surface area contributed by atoms with Crippen molar-refractivity contribution in [2.75, 3.05) is 43.2 Å². The van der Waals surface area contributed by atoms with E-state index in [2.05, 4.69) is 5.32 Å². The Bertz CT molecular complexity index is 1240. The number of hydrogen-bond acceptors (Lipinski definition) is 7. The van der Waals surface area contributed by atoms with Gasteiger partial charge < -0.3 is 34.2 Å². The van der Waals surface area contributed by atoms with Crippen molar-refractivity contribution in [2.45, 2.75) is 104 Å². The second-order valence-corrected chi connectivity index (χ2v) is 13.8. The van der Waals surface area contributed by atoms with E-state index in [1.165, 1.54) is 4.90 Å². The molecule has 3 atom stereocenters. The summed E-state index contributed by atoms with van der Waals surface area (Å²) in [7, 11) is 1.63. The Morgan fingerprint density at radius 1 is 1.16 bits per heavy atom. The first-order valence-corrected chi connectivity index (χ1v) is 15.9. The van der Waals surface area contributed by atoms with Crippen LogP contribution in [0.15, 0.2) is 18.2 Å². The topological polar surface area (TPSA) is 118 Å². The van der Waals surface area contributed by atoms with Gasteiger partial charge in [0.2, 0.25) is 11.8 Å². The molecule has 1 aromatic rings. The molecule has 1 N–H and O–H groups in total. The number of fused-ring (bicyclic) bond motifs is 1. The number of methoxy groups -OCH3 is 1. The van der Waals surface area contributed by atoms with Crippen LogP contribution in [-0.4, -0.2) is 85.4 Å². The summed E-state index contributed by atoms with van der Waals surface area (Å²) in [6, 6.07) is 5.52. The summed E-state index contributed by atoms with van der Waals surface area (Å²) in [5, 5.41) is 3.03. The molecule has 11 heteroatoms. The molecule has 2 fully saturated rings. The van der Waals surface area contributed by atoms with Gasteiger partial charge >= 0.3 is 6.09 Å². The molecule has 0 bridgehead atoms. The van der Waals surface area contributed by atoms with Crippen LogP contribution in [0.4, 0.5) is 16.2 Å². The van der Waals surface area contributed by atoms with Crippen LogP contribution < -0.4 is 19.9 Å². The summed E-state index contributed by atoms with van der Waals surface area (Å²) in [6.45, 7) is 14.1. The summed E-state index contributed by atoms with van der Waals surface area (Å²) < 4.78 is 17.0. The molecular formula is C33H50N4O7. The minimum absolute atomic E-state index is 0.00318. The van der Waals surface area contributed by atoms with Gasteiger partial charge in [0.05, 0.1) is 17.5 Å². The van der Waals surface area contributed by atoms with Crippen molar-refractivity contribution >= 4 is 35.2 Å². The van der Waals surface area contributed by atoms with E-state index in [-0.39, 0.29) is 42.9 Å². The molecule has 2 heterocycles. The fourth-order valence-corrected chi connectivity index (χ4v) is 5.75. The Morgan fingerprint density at radius 3 is 2.45 bits per heavy atom. The van der Waals surface area contributed by atoms with Crippen LogP contribution >= 0.6 is 0 Å². The largest absolute Gasteiger partial charge is 0.476 e. The predicted octanol–water partition coefficient (Wildman–Crippen LogP) is 4.51. The molecule has 1 saturated carbocycles. The van der Waals surface area contributed by atoms with Gasteiger partial charge in [0.15, 0.2) is 5.60 Å². The van der Waals surface area contributed by atoms with Crippen LogP contribution in [0.25, 0.3) is 0 Å². The van der Waals surface area contributed by atoms with Gasteiger partial charge in [0, 0.05) is 51.1 Å². The quantitative estimate of drug-likeness (QED) is 0.386. The monoisotopic (exact) mass is 614 g/mol. The molecule has 0 radical (unpaired) electrons. The van der Waals surface area contributed by atoms with Gasteiger partial charge in [-0.25, -0.2) is 4.79 Å². The number of ether oxygens (including phenoxy) is 3. The number of rotatable bonds is 10. The minimum atomic E-state index is -1.02. The van der Waals surface area contributed by atoms with Crippen LogP contribution in [-0.2, 0) is 23.9 Å². The number of nitrogens with zero attached hydrogens (tertiary/aromatic N) is 3. The Kier molecular flexibility index (Phi) is 10.2. The molecule has 0 unspecified atom stereocenters. The molecule has 244 valence electrons. The van der Waals surface area contributed by atoms with Crippen LogP contribution in [0.2, 0.25) is 0 Å². The van der Waals surface area contributed by atoms with Gasteiger partial charge in [-0.15, -0.1) is 0 Å². The summed E-state index contributed by atoms with van der Waals surface area (Å²) in [5.74, 6) is -1.03. The summed E-state index contributed by atoms with van der Waals surface area (Å²) in [5.41, 5.74) is -0.453. The van der Waals surface area contributed by atoms with Crippen molar-refractivity contribution in [1.29, 1.82) is 0 Å². The molecule has 1 aliphatic carbocycles. The van der Waals surface area contributed by atoms with Crippen LogP contribution in [0.1, 0.15) is 80.6 Å². The zero-order valence-corrected chi connectivity index (χ0v) is 27.6. The summed E-state index contributed by atoms with van der Waals surface area (Å²) in [6.07, 6.45) is 2.92. The predicted molar refractivity (Wildman–Crippen MR) is 168 cm³/mol. The van der Waals surface area contributed by atoms with Crippen LogP contribution in [0.5, 0.6) is 5.75 Å². The zero-order chi connectivity index (χ0) is 32.4. The highest BCUT2D eigenvalue weighted by Gasteiger charge is 2.45. The van der Waals surface area contributed by atoms with Crippen molar-refractivity contribution in [3.63, 3.8) is 0 Å². The fraction of sp³-hybridized carbons (Fsp3) is 0.697. The third-order valence-electron chi connectivity index (χ3n) is 8.34. The average Bonchev–Trinajstić information content (AvgIpc) is 3.79. The van der Waals surface area contributed by atoms with Gasteiger partial charge in [-0.05, 0) is 91.8 Å². The number of anilines is 2. The van der Waals surface area contributed by atoms with E-state index in [1.807, 2.05) is 32.0 Å². The maximum atomic E-state index is 14.4.